The molecule has 3 rings (SSSR count). The summed E-state index contributed by atoms with van der Waals surface area (Å²) in [7, 11) is 0. The molecule has 18 heavy (non-hydrogen) atoms. The van der Waals surface area contributed by atoms with Gasteiger partial charge >= 0.3 is 0 Å². The van der Waals surface area contributed by atoms with Gasteiger partial charge in [0.15, 0.2) is 0 Å². The monoisotopic (exact) mass is 241 g/mol. The lowest BCUT2D eigenvalue weighted by molar-refractivity contribution is -0.117. The van der Waals surface area contributed by atoms with Gasteiger partial charge in [-0.05, 0) is 43.7 Å². The predicted molar refractivity (Wildman–Crippen MR) is 71.4 cm³/mol. The summed E-state index contributed by atoms with van der Waals surface area (Å²) in [5.41, 5.74) is 1.77. The van der Waals surface area contributed by atoms with Crippen LogP contribution in [0.3, 0.4) is 0 Å². The highest BCUT2D eigenvalue weighted by Gasteiger charge is 2.21. The van der Waals surface area contributed by atoms with Gasteiger partial charge in [-0.3, -0.25) is 9.78 Å². The average Bonchev–Trinajstić information content (AvgIpc) is 2.92. The topological polar surface area (TPSA) is 54.0 Å². The molecule has 2 heterocycles. The van der Waals surface area contributed by atoms with Crippen molar-refractivity contribution in [1.29, 1.82) is 0 Å². The van der Waals surface area contributed by atoms with E-state index in [0.29, 0.717) is 0 Å². The van der Waals surface area contributed by atoms with Crippen LogP contribution in [0.1, 0.15) is 12.8 Å². The molecule has 0 aliphatic carbocycles. The Morgan fingerprint density at radius 1 is 1.39 bits per heavy atom. The number of rotatable bonds is 2. The van der Waals surface area contributed by atoms with Crippen molar-refractivity contribution in [3.8, 4) is 0 Å². The van der Waals surface area contributed by atoms with Crippen LogP contribution in [-0.4, -0.2) is 23.5 Å². The van der Waals surface area contributed by atoms with Gasteiger partial charge in [-0.2, -0.15) is 0 Å². The van der Waals surface area contributed by atoms with E-state index in [1.165, 1.54) is 0 Å². The lowest BCUT2D eigenvalue weighted by atomic mass is 10.2. The maximum atomic E-state index is 12.0. The van der Waals surface area contributed by atoms with Gasteiger partial charge in [0.1, 0.15) is 0 Å². The average molecular weight is 241 g/mol. The number of carbonyl (C=O) groups is 1. The summed E-state index contributed by atoms with van der Waals surface area (Å²) in [6.07, 6.45) is 3.75. The highest BCUT2D eigenvalue weighted by molar-refractivity contribution is 5.96. The van der Waals surface area contributed by atoms with Crippen LogP contribution in [0.15, 0.2) is 36.5 Å². The number of hydrogen-bond donors (Lipinski definition) is 2. The molecule has 0 spiro atoms. The Morgan fingerprint density at radius 3 is 3.17 bits per heavy atom. The van der Waals surface area contributed by atoms with Gasteiger partial charge < -0.3 is 10.6 Å². The van der Waals surface area contributed by atoms with Gasteiger partial charge in [-0.25, -0.2) is 0 Å². The van der Waals surface area contributed by atoms with Crippen LogP contribution in [0.2, 0.25) is 0 Å². The highest BCUT2D eigenvalue weighted by Crippen LogP contribution is 2.17. The van der Waals surface area contributed by atoms with Crippen LogP contribution >= 0.6 is 0 Å². The number of hydrogen-bond acceptors (Lipinski definition) is 3. The molecule has 0 saturated carbocycles. The maximum Gasteiger partial charge on any atom is 0.241 e. The van der Waals surface area contributed by atoms with Crippen molar-refractivity contribution < 1.29 is 4.79 Å². The molecule has 0 radical (unpaired) electrons. The lowest BCUT2D eigenvalue weighted by Crippen LogP contribution is -2.35. The fourth-order valence-electron chi connectivity index (χ4n) is 2.29. The first-order chi connectivity index (χ1) is 8.83. The van der Waals surface area contributed by atoms with Crippen LogP contribution in [0.4, 0.5) is 5.69 Å². The summed E-state index contributed by atoms with van der Waals surface area (Å²) in [5.74, 6) is 0.0516. The minimum absolute atomic E-state index is 0.0467. The second-order valence-electron chi connectivity index (χ2n) is 4.55. The van der Waals surface area contributed by atoms with E-state index in [2.05, 4.69) is 15.6 Å². The first-order valence-electron chi connectivity index (χ1n) is 6.22. The second-order valence-corrected chi connectivity index (χ2v) is 4.55. The molecule has 4 nitrogen and oxygen atoms in total. The zero-order chi connectivity index (χ0) is 12.4. The molecule has 1 fully saturated rings. The van der Waals surface area contributed by atoms with E-state index < -0.39 is 0 Å². The van der Waals surface area contributed by atoms with Gasteiger partial charge in [-0.15, -0.1) is 0 Å². The summed E-state index contributed by atoms with van der Waals surface area (Å²) in [5, 5.41) is 7.17. The van der Waals surface area contributed by atoms with Crippen molar-refractivity contribution in [3.63, 3.8) is 0 Å². The van der Waals surface area contributed by atoms with E-state index in [9.17, 15) is 4.79 Å². The number of aromatic nitrogens is 1. The molecule has 1 aromatic heterocycles. The third-order valence-electron chi connectivity index (χ3n) is 3.25. The van der Waals surface area contributed by atoms with Crippen LogP contribution in [-0.2, 0) is 4.79 Å². The Hall–Kier alpha value is -1.94. The van der Waals surface area contributed by atoms with Gasteiger partial charge in [-0.1, -0.05) is 6.07 Å². The Balaban J connectivity index is 1.79. The van der Waals surface area contributed by atoms with E-state index in [4.69, 9.17) is 0 Å². The van der Waals surface area contributed by atoms with Crippen LogP contribution in [0.5, 0.6) is 0 Å². The number of pyridine rings is 1. The molecule has 1 saturated heterocycles. The summed E-state index contributed by atoms with van der Waals surface area (Å²) < 4.78 is 0. The Bertz CT molecular complexity index is 576. The molecular weight excluding hydrogens is 226 g/mol. The highest BCUT2D eigenvalue weighted by atomic mass is 16.2. The molecule has 1 atom stereocenters. The minimum Gasteiger partial charge on any atom is -0.325 e. The van der Waals surface area contributed by atoms with Crippen LogP contribution in [0.25, 0.3) is 10.9 Å². The van der Waals surface area contributed by atoms with E-state index in [1.807, 2.05) is 30.3 Å². The fraction of sp³-hybridized carbons (Fsp3) is 0.286. The van der Waals surface area contributed by atoms with Gasteiger partial charge in [0.05, 0.1) is 11.6 Å². The fourth-order valence-corrected chi connectivity index (χ4v) is 2.29. The van der Waals surface area contributed by atoms with Gasteiger partial charge in [0.25, 0.3) is 0 Å². The number of nitrogens with zero attached hydrogens (tertiary/aromatic N) is 1. The lowest BCUT2D eigenvalue weighted by Gasteiger charge is -2.11. The largest absolute Gasteiger partial charge is 0.325 e. The van der Waals surface area contributed by atoms with Crippen molar-refractivity contribution >= 4 is 22.5 Å². The Morgan fingerprint density at radius 2 is 2.33 bits per heavy atom. The molecule has 1 aliphatic rings. The number of amides is 1. The molecule has 1 amide bonds. The maximum absolute atomic E-state index is 12.0. The van der Waals surface area contributed by atoms with E-state index >= 15 is 0 Å². The first-order valence-corrected chi connectivity index (χ1v) is 6.22. The third-order valence-corrected chi connectivity index (χ3v) is 3.25. The van der Waals surface area contributed by atoms with Crippen molar-refractivity contribution in [1.82, 2.24) is 10.3 Å². The molecule has 92 valence electrons. The minimum atomic E-state index is -0.0467. The van der Waals surface area contributed by atoms with Crippen molar-refractivity contribution in [2.45, 2.75) is 18.9 Å². The van der Waals surface area contributed by atoms with Crippen molar-refractivity contribution in [2.24, 2.45) is 0 Å². The van der Waals surface area contributed by atoms with E-state index in [1.54, 1.807) is 6.20 Å². The zero-order valence-electron chi connectivity index (χ0n) is 10.0. The smallest absolute Gasteiger partial charge is 0.241 e. The van der Waals surface area contributed by atoms with Gasteiger partial charge in [0.2, 0.25) is 5.91 Å². The molecule has 2 aromatic rings. The summed E-state index contributed by atoms with van der Waals surface area (Å²) in [6, 6.07) is 9.61. The molecule has 1 aromatic carbocycles. The van der Waals surface area contributed by atoms with Crippen LogP contribution in [0, 0.1) is 0 Å². The molecule has 1 unspecified atom stereocenters. The van der Waals surface area contributed by atoms with Gasteiger partial charge in [0, 0.05) is 17.3 Å². The molecule has 0 bridgehead atoms. The Kier molecular flexibility index (Phi) is 2.94. The zero-order valence-corrected chi connectivity index (χ0v) is 10.0. The van der Waals surface area contributed by atoms with E-state index in [-0.39, 0.29) is 11.9 Å². The molecular formula is C14H15N3O. The summed E-state index contributed by atoms with van der Waals surface area (Å²) in [4.78, 5) is 16.2. The summed E-state index contributed by atoms with van der Waals surface area (Å²) in [6.45, 7) is 0.930. The number of fused-ring (bicyclic) bond motifs is 1. The first kappa shape index (κ1) is 11.2. The normalized spacial score (nSPS) is 19.0. The second kappa shape index (κ2) is 4.74. The van der Waals surface area contributed by atoms with Crippen LogP contribution < -0.4 is 10.6 Å². The quantitative estimate of drug-likeness (QED) is 0.844. The number of anilines is 1. The number of benzene rings is 1. The third kappa shape index (κ3) is 2.19. The Labute approximate surface area is 105 Å². The van der Waals surface area contributed by atoms with E-state index in [0.717, 1.165) is 36.0 Å². The SMILES string of the molecule is O=C(Nc1ccc2ncccc2c1)C1CCCN1. The predicted octanol–water partition coefficient (Wildman–Crippen LogP) is 1.93. The molecule has 1 aliphatic heterocycles. The van der Waals surface area contributed by atoms with Crippen molar-refractivity contribution in [2.75, 3.05) is 11.9 Å². The standard InChI is InChI=1S/C14H15N3O/c18-14(13-4-2-8-16-13)17-11-5-6-12-10(9-11)3-1-7-15-12/h1,3,5-7,9,13,16H,2,4,8H2,(H,17,18). The number of nitrogens with one attached hydrogen (secondary N) is 2. The number of carbonyl (C=O) groups excluding carboxylic acids is 1. The van der Waals surface area contributed by atoms with Crippen molar-refractivity contribution in [3.05, 3.63) is 36.5 Å². The molecule has 2 N–H and O–H groups in total. The summed E-state index contributed by atoms with van der Waals surface area (Å²) >= 11 is 0. The molecule has 4 heteroatoms.